The van der Waals surface area contributed by atoms with Gasteiger partial charge in [-0.1, -0.05) is 67.1 Å². The Labute approximate surface area is 184 Å². The SMILES string of the molecule is CCC(NC(=O)c1ccc(CN(C)S(=O)(=O)c2ccccc2)cc1)c1ccc(C)cc1. The number of rotatable bonds is 8. The van der Waals surface area contributed by atoms with E-state index in [2.05, 4.69) is 5.32 Å². The van der Waals surface area contributed by atoms with Crippen LogP contribution in [0.15, 0.2) is 83.8 Å². The number of nitrogens with one attached hydrogen (secondary N) is 1. The first-order valence-electron chi connectivity index (χ1n) is 10.3. The Hall–Kier alpha value is -2.96. The zero-order valence-electron chi connectivity index (χ0n) is 18.1. The summed E-state index contributed by atoms with van der Waals surface area (Å²) in [6.07, 6.45) is 0.787. The molecular formula is C25H28N2O3S. The van der Waals surface area contributed by atoms with Crippen LogP contribution in [0, 0.1) is 6.92 Å². The molecule has 3 aromatic rings. The van der Waals surface area contributed by atoms with Crippen molar-refractivity contribution in [3.63, 3.8) is 0 Å². The van der Waals surface area contributed by atoms with Gasteiger partial charge in [-0.15, -0.1) is 0 Å². The molecule has 0 radical (unpaired) electrons. The van der Waals surface area contributed by atoms with Crippen molar-refractivity contribution in [3.05, 3.63) is 101 Å². The Bertz CT molecular complexity index is 1110. The number of amides is 1. The number of nitrogens with zero attached hydrogens (tertiary/aromatic N) is 1. The highest BCUT2D eigenvalue weighted by atomic mass is 32.2. The van der Waals surface area contributed by atoms with E-state index >= 15 is 0 Å². The average molecular weight is 437 g/mol. The number of hydrogen-bond acceptors (Lipinski definition) is 3. The molecule has 1 N–H and O–H groups in total. The van der Waals surface area contributed by atoms with Gasteiger partial charge < -0.3 is 5.32 Å². The van der Waals surface area contributed by atoms with Gasteiger partial charge in [-0.2, -0.15) is 4.31 Å². The normalized spacial score (nSPS) is 12.5. The summed E-state index contributed by atoms with van der Waals surface area (Å²) in [5, 5.41) is 3.08. The van der Waals surface area contributed by atoms with Gasteiger partial charge in [0.05, 0.1) is 10.9 Å². The van der Waals surface area contributed by atoms with E-state index in [1.165, 1.54) is 9.87 Å². The van der Waals surface area contributed by atoms with E-state index in [4.69, 9.17) is 0 Å². The maximum Gasteiger partial charge on any atom is 0.251 e. The van der Waals surface area contributed by atoms with Crippen molar-refractivity contribution in [3.8, 4) is 0 Å². The van der Waals surface area contributed by atoms with Gasteiger partial charge >= 0.3 is 0 Å². The summed E-state index contributed by atoms with van der Waals surface area (Å²) >= 11 is 0. The first-order valence-corrected chi connectivity index (χ1v) is 11.7. The smallest absolute Gasteiger partial charge is 0.251 e. The quantitative estimate of drug-likeness (QED) is 0.557. The van der Waals surface area contributed by atoms with Crippen molar-refractivity contribution < 1.29 is 13.2 Å². The van der Waals surface area contributed by atoms with Gasteiger partial charge in [0.15, 0.2) is 0 Å². The molecular weight excluding hydrogens is 408 g/mol. The van der Waals surface area contributed by atoms with Crippen LogP contribution in [0.25, 0.3) is 0 Å². The predicted molar refractivity (Wildman–Crippen MR) is 123 cm³/mol. The van der Waals surface area contributed by atoms with Crippen molar-refractivity contribution in [1.82, 2.24) is 9.62 Å². The number of aryl methyl sites for hydroxylation is 1. The molecule has 0 aliphatic heterocycles. The molecule has 0 saturated carbocycles. The van der Waals surface area contributed by atoms with Gasteiger partial charge in [-0.25, -0.2) is 8.42 Å². The van der Waals surface area contributed by atoms with Gasteiger partial charge in [0, 0.05) is 19.2 Å². The van der Waals surface area contributed by atoms with E-state index in [9.17, 15) is 13.2 Å². The second kappa shape index (κ2) is 9.90. The zero-order chi connectivity index (χ0) is 22.4. The van der Waals surface area contributed by atoms with Crippen LogP contribution in [0.3, 0.4) is 0 Å². The second-order valence-electron chi connectivity index (χ2n) is 7.62. The highest BCUT2D eigenvalue weighted by Gasteiger charge is 2.20. The molecule has 3 rings (SSSR count). The fourth-order valence-electron chi connectivity index (χ4n) is 3.34. The summed E-state index contributed by atoms with van der Waals surface area (Å²) in [6.45, 7) is 4.30. The molecule has 1 atom stereocenters. The number of hydrogen-bond donors (Lipinski definition) is 1. The summed E-state index contributed by atoms with van der Waals surface area (Å²) in [5.74, 6) is -0.149. The monoisotopic (exact) mass is 436 g/mol. The van der Waals surface area contributed by atoms with Crippen LogP contribution in [-0.2, 0) is 16.6 Å². The lowest BCUT2D eigenvalue weighted by molar-refractivity contribution is 0.0935. The van der Waals surface area contributed by atoms with E-state index in [0.717, 1.165) is 17.5 Å². The highest BCUT2D eigenvalue weighted by molar-refractivity contribution is 7.89. The predicted octanol–water partition coefficient (Wildman–Crippen LogP) is 4.70. The fourth-order valence-corrected chi connectivity index (χ4v) is 4.52. The molecule has 0 heterocycles. The van der Waals surface area contributed by atoms with Crippen LogP contribution in [-0.4, -0.2) is 25.7 Å². The van der Waals surface area contributed by atoms with E-state index in [1.54, 1.807) is 61.6 Å². The molecule has 6 heteroatoms. The van der Waals surface area contributed by atoms with Crippen LogP contribution >= 0.6 is 0 Å². The Morgan fingerprint density at radius 3 is 2.13 bits per heavy atom. The fraction of sp³-hybridized carbons (Fsp3) is 0.240. The summed E-state index contributed by atoms with van der Waals surface area (Å²) in [5.41, 5.74) is 3.61. The van der Waals surface area contributed by atoms with Crippen molar-refractivity contribution in [2.75, 3.05) is 7.05 Å². The Morgan fingerprint density at radius 1 is 0.935 bits per heavy atom. The lowest BCUT2D eigenvalue weighted by atomic mass is 10.0. The summed E-state index contributed by atoms with van der Waals surface area (Å²) in [4.78, 5) is 13.0. The molecule has 0 fully saturated rings. The molecule has 0 saturated heterocycles. The third kappa shape index (κ3) is 5.60. The largest absolute Gasteiger partial charge is 0.345 e. The van der Waals surface area contributed by atoms with Crippen LogP contribution in [0.2, 0.25) is 0 Å². The minimum Gasteiger partial charge on any atom is -0.345 e. The lowest BCUT2D eigenvalue weighted by Crippen LogP contribution is -2.28. The molecule has 3 aromatic carbocycles. The topological polar surface area (TPSA) is 66.5 Å². The standard InChI is InChI=1S/C25H28N2O3S/c1-4-24(21-14-10-19(2)11-15-21)26-25(28)22-16-12-20(13-17-22)18-27(3)31(29,30)23-8-6-5-7-9-23/h5-17,24H,4,18H2,1-3H3,(H,26,28). The molecule has 0 aliphatic rings. The molecule has 162 valence electrons. The van der Waals surface area contributed by atoms with E-state index in [-0.39, 0.29) is 23.4 Å². The van der Waals surface area contributed by atoms with Crippen molar-refractivity contribution in [2.24, 2.45) is 0 Å². The van der Waals surface area contributed by atoms with Gasteiger partial charge in [0.1, 0.15) is 0 Å². The first-order chi connectivity index (χ1) is 14.8. The Balaban J connectivity index is 1.66. The summed E-state index contributed by atoms with van der Waals surface area (Å²) in [7, 11) is -2.01. The number of benzene rings is 3. The van der Waals surface area contributed by atoms with E-state index in [1.807, 2.05) is 38.1 Å². The molecule has 5 nitrogen and oxygen atoms in total. The molecule has 1 unspecified atom stereocenters. The number of sulfonamides is 1. The van der Waals surface area contributed by atoms with Crippen LogP contribution in [0.1, 0.15) is 46.4 Å². The van der Waals surface area contributed by atoms with Crippen molar-refractivity contribution in [1.29, 1.82) is 0 Å². The Kier molecular flexibility index (Phi) is 7.25. The molecule has 0 aliphatic carbocycles. The molecule has 31 heavy (non-hydrogen) atoms. The molecule has 0 aromatic heterocycles. The van der Waals surface area contributed by atoms with Gasteiger partial charge in [-0.3, -0.25) is 4.79 Å². The van der Waals surface area contributed by atoms with E-state index in [0.29, 0.717) is 5.56 Å². The average Bonchev–Trinajstić information content (AvgIpc) is 2.79. The minimum atomic E-state index is -3.56. The maximum absolute atomic E-state index is 12.7. The summed E-state index contributed by atoms with van der Waals surface area (Å²) < 4.78 is 26.7. The van der Waals surface area contributed by atoms with Gasteiger partial charge in [-0.05, 0) is 48.7 Å². The van der Waals surface area contributed by atoms with Crippen molar-refractivity contribution in [2.45, 2.75) is 37.8 Å². The third-order valence-electron chi connectivity index (χ3n) is 5.27. The first kappa shape index (κ1) is 22.7. The van der Waals surface area contributed by atoms with Crippen molar-refractivity contribution >= 4 is 15.9 Å². The van der Waals surface area contributed by atoms with Gasteiger partial charge in [0.25, 0.3) is 5.91 Å². The molecule has 0 bridgehead atoms. The zero-order valence-corrected chi connectivity index (χ0v) is 18.9. The third-order valence-corrected chi connectivity index (χ3v) is 7.08. The number of carbonyl (C=O) groups is 1. The summed E-state index contributed by atoms with van der Waals surface area (Å²) in [6, 6.07) is 23.5. The number of carbonyl (C=O) groups excluding carboxylic acids is 1. The van der Waals surface area contributed by atoms with Crippen LogP contribution in [0.4, 0.5) is 0 Å². The lowest BCUT2D eigenvalue weighted by Gasteiger charge is -2.19. The van der Waals surface area contributed by atoms with E-state index < -0.39 is 10.0 Å². The maximum atomic E-state index is 12.7. The van der Waals surface area contributed by atoms with Gasteiger partial charge in [0.2, 0.25) is 10.0 Å². The molecule has 1 amide bonds. The Morgan fingerprint density at radius 2 is 1.55 bits per heavy atom. The van der Waals surface area contributed by atoms with Crippen LogP contribution in [0.5, 0.6) is 0 Å². The highest BCUT2D eigenvalue weighted by Crippen LogP contribution is 2.19. The minimum absolute atomic E-state index is 0.0603. The molecule has 0 spiro atoms. The van der Waals surface area contributed by atoms with Crippen LogP contribution < -0.4 is 5.32 Å². The second-order valence-corrected chi connectivity index (χ2v) is 9.66.